The third-order valence-corrected chi connectivity index (χ3v) is 5.23. The fraction of sp³-hybridized carbons (Fsp3) is 0.520. The summed E-state index contributed by atoms with van der Waals surface area (Å²) >= 11 is 0. The van der Waals surface area contributed by atoms with Crippen LogP contribution in [-0.2, 0) is 23.9 Å². The Morgan fingerprint density at radius 2 is 1.85 bits per heavy atom. The molecule has 0 aliphatic carbocycles. The molecule has 3 amide bonds. The van der Waals surface area contributed by atoms with Crippen molar-refractivity contribution in [3.63, 3.8) is 0 Å². The Morgan fingerprint density at radius 1 is 1.21 bits per heavy atom. The first-order valence-corrected chi connectivity index (χ1v) is 11.2. The number of hydrogen-bond donors (Lipinski definition) is 2. The Hall–Kier alpha value is -3.36. The van der Waals surface area contributed by atoms with Gasteiger partial charge in [-0.05, 0) is 43.9 Å². The summed E-state index contributed by atoms with van der Waals surface area (Å²) in [5.74, 6) is -1.89. The summed E-state index contributed by atoms with van der Waals surface area (Å²) < 4.78 is 9.92. The quantitative estimate of drug-likeness (QED) is 0.503. The molecule has 0 fully saturated rings. The van der Waals surface area contributed by atoms with Crippen molar-refractivity contribution < 1.29 is 28.7 Å². The van der Waals surface area contributed by atoms with E-state index in [-0.39, 0.29) is 12.5 Å². The van der Waals surface area contributed by atoms with Crippen molar-refractivity contribution in [3.05, 3.63) is 42.0 Å². The first kappa shape index (κ1) is 28.7. The molecule has 0 aliphatic heterocycles. The van der Waals surface area contributed by atoms with Crippen LogP contribution in [0.4, 0.5) is 4.79 Å². The lowest BCUT2D eigenvalue weighted by Gasteiger charge is -2.33. The number of carbonyl (C=O) groups excluding carboxylic acids is 4. The van der Waals surface area contributed by atoms with Gasteiger partial charge in [0.15, 0.2) is 0 Å². The van der Waals surface area contributed by atoms with Gasteiger partial charge < -0.3 is 25.0 Å². The lowest BCUT2D eigenvalue weighted by Crippen LogP contribution is -2.54. The van der Waals surface area contributed by atoms with Crippen molar-refractivity contribution in [2.24, 2.45) is 5.92 Å². The van der Waals surface area contributed by atoms with E-state index in [1.54, 1.807) is 45.0 Å². The van der Waals surface area contributed by atoms with Crippen LogP contribution in [0.25, 0.3) is 6.08 Å². The predicted molar refractivity (Wildman–Crippen MR) is 130 cm³/mol. The number of rotatable bonds is 10. The van der Waals surface area contributed by atoms with Crippen molar-refractivity contribution in [1.29, 1.82) is 0 Å². The molecule has 1 rings (SSSR count). The SMILES string of the molecule is C=Cc1cccc(C(C(=O)NCC(=O)OC)N(C)C(=O)C(NC(=O)OC(C)(C)C)C(C)CC)c1. The second kappa shape index (κ2) is 12.8. The zero-order chi connectivity index (χ0) is 26.1. The van der Waals surface area contributed by atoms with Gasteiger partial charge in [0, 0.05) is 7.05 Å². The van der Waals surface area contributed by atoms with Crippen LogP contribution in [0.15, 0.2) is 30.8 Å². The van der Waals surface area contributed by atoms with Crippen LogP contribution in [0.2, 0.25) is 0 Å². The van der Waals surface area contributed by atoms with Gasteiger partial charge in [0.2, 0.25) is 11.8 Å². The van der Waals surface area contributed by atoms with Crippen LogP contribution in [0.3, 0.4) is 0 Å². The van der Waals surface area contributed by atoms with Gasteiger partial charge >= 0.3 is 12.1 Å². The molecule has 2 N–H and O–H groups in total. The van der Waals surface area contributed by atoms with Gasteiger partial charge in [-0.25, -0.2) is 4.79 Å². The molecule has 0 aromatic heterocycles. The number of esters is 1. The molecule has 3 unspecified atom stereocenters. The molecular weight excluding hydrogens is 438 g/mol. The van der Waals surface area contributed by atoms with Crippen molar-refractivity contribution in [1.82, 2.24) is 15.5 Å². The highest BCUT2D eigenvalue weighted by Gasteiger charge is 2.36. The molecule has 188 valence electrons. The largest absolute Gasteiger partial charge is 0.468 e. The van der Waals surface area contributed by atoms with Gasteiger partial charge in [-0.1, -0.05) is 51.1 Å². The zero-order valence-corrected chi connectivity index (χ0v) is 21.1. The van der Waals surface area contributed by atoms with Crippen LogP contribution in [0.5, 0.6) is 0 Å². The summed E-state index contributed by atoms with van der Waals surface area (Å²) in [6, 6.07) is 5.01. The number of methoxy groups -OCH3 is 1. The van der Waals surface area contributed by atoms with E-state index in [1.807, 2.05) is 19.9 Å². The number of alkyl carbamates (subject to hydrolysis) is 1. The Kier molecular flexibility index (Phi) is 10.8. The summed E-state index contributed by atoms with van der Waals surface area (Å²) in [4.78, 5) is 52.0. The molecule has 3 atom stereocenters. The minimum Gasteiger partial charge on any atom is -0.468 e. The van der Waals surface area contributed by atoms with Gasteiger partial charge in [-0.2, -0.15) is 0 Å². The first-order valence-electron chi connectivity index (χ1n) is 11.2. The summed E-state index contributed by atoms with van der Waals surface area (Å²) in [5.41, 5.74) is 0.547. The Balaban J connectivity index is 3.32. The summed E-state index contributed by atoms with van der Waals surface area (Å²) in [5, 5.41) is 5.17. The molecule has 0 bridgehead atoms. The van der Waals surface area contributed by atoms with Gasteiger partial charge in [0.05, 0.1) is 7.11 Å². The molecule has 0 spiro atoms. The molecule has 1 aromatic carbocycles. The Labute approximate surface area is 201 Å². The molecule has 9 heteroatoms. The van der Waals surface area contributed by atoms with Crippen molar-refractivity contribution in [3.8, 4) is 0 Å². The zero-order valence-electron chi connectivity index (χ0n) is 21.1. The predicted octanol–water partition coefficient (Wildman–Crippen LogP) is 3.06. The fourth-order valence-electron chi connectivity index (χ4n) is 3.20. The highest BCUT2D eigenvalue weighted by atomic mass is 16.6. The van der Waals surface area contributed by atoms with E-state index in [0.717, 1.165) is 5.56 Å². The molecule has 0 saturated heterocycles. The van der Waals surface area contributed by atoms with E-state index in [1.165, 1.54) is 19.1 Å². The topological polar surface area (TPSA) is 114 Å². The molecule has 0 heterocycles. The van der Waals surface area contributed by atoms with Crippen LogP contribution >= 0.6 is 0 Å². The standard InChI is InChI=1S/C25H37N3O6/c1-9-16(3)20(27-24(32)34-25(4,5)6)23(31)28(7)21(22(30)26-15-19(29)33-8)18-13-11-12-17(10-2)14-18/h10-14,16,20-21H,2,9,15H2,1,3-8H3,(H,26,30)(H,27,32). The Bertz CT molecular complexity index is 893. The normalized spacial score (nSPS) is 13.6. The average molecular weight is 476 g/mol. The van der Waals surface area contributed by atoms with Crippen LogP contribution in [0, 0.1) is 5.92 Å². The highest BCUT2D eigenvalue weighted by molar-refractivity contribution is 5.93. The number of benzene rings is 1. The number of carbonyl (C=O) groups is 4. The number of nitrogens with one attached hydrogen (secondary N) is 2. The number of likely N-dealkylation sites (N-methyl/N-ethyl adjacent to an activating group) is 1. The highest BCUT2D eigenvalue weighted by Crippen LogP contribution is 2.24. The fourth-order valence-corrected chi connectivity index (χ4v) is 3.20. The van der Waals surface area contributed by atoms with Crippen LogP contribution in [0.1, 0.15) is 58.2 Å². The molecule has 0 radical (unpaired) electrons. The van der Waals surface area contributed by atoms with Crippen molar-refractivity contribution >= 4 is 30.0 Å². The van der Waals surface area contributed by atoms with Gasteiger partial charge in [-0.3, -0.25) is 14.4 Å². The minimum absolute atomic E-state index is 0.235. The monoisotopic (exact) mass is 475 g/mol. The van der Waals surface area contributed by atoms with E-state index >= 15 is 0 Å². The first-order chi connectivity index (χ1) is 15.8. The van der Waals surface area contributed by atoms with Crippen LogP contribution in [-0.4, -0.2) is 61.1 Å². The summed E-state index contributed by atoms with van der Waals surface area (Å²) in [6.45, 7) is 12.3. The van der Waals surface area contributed by atoms with E-state index in [2.05, 4.69) is 21.9 Å². The number of ether oxygens (including phenoxy) is 2. The van der Waals surface area contributed by atoms with E-state index < -0.39 is 41.6 Å². The molecular formula is C25H37N3O6. The van der Waals surface area contributed by atoms with Gasteiger partial charge in [0.1, 0.15) is 24.2 Å². The van der Waals surface area contributed by atoms with Crippen LogP contribution < -0.4 is 10.6 Å². The summed E-state index contributed by atoms with van der Waals surface area (Å²) in [7, 11) is 2.70. The maximum atomic E-state index is 13.6. The Morgan fingerprint density at radius 3 is 2.38 bits per heavy atom. The molecule has 0 saturated carbocycles. The minimum atomic E-state index is -1.07. The lowest BCUT2D eigenvalue weighted by molar-refractivity contribution is -0.144. The molecule has 9 nitrogen and oxygen atoms in total. The molecule has 34 heavy (non-hydrogen) atoms. The second-order valence-electron chi connectivity index (χ2n) is 9.03. The number of hydrogen-bond acceptors (Lipinski definition) is 6. The van der Waals surface area contributed by atoms with Gasteiger partial charge in [-0.15, -0.1) is 0 Å². The van der Waals surface area contributed by atoms with Gasteiger partial charge in [0.25, 0.3) is 0 Å². The maximum Gasteiger partial charge on any atom is 0.408 e. The summed E-state index contributed by atoms with van der Waals surface area (Å²) in [6.07, 6.45) is 1.51. The van der Waals surface area contributed by atoms with Crippen molar-refractivity contribution in [2.45, 2.75) is 58.7 Å². The number of amides is 3. The van der Waals surface area contributed by atoms with E-state index in [9.17, 15) is 19.2 Å². The van der Waals surface area contributed by atoms with E-state index in [0.29, 0.717) is 12.0 Å². The maximum absolute atomic E-state index is 13.6. The van der Waals surface area contributed by atoms with E-state index in [4.69, 9.17) is 4.74 Å². The van der Waals surface area contributed by atoms with Crippen molar-refractivity contribution in [2.75, 3.05) is 20.7 Å². The average Bonchev–Trinajstić information content (AvgIpc) is 2.78. The second-order valence-corrected chi connectivity index (χ2v) is 9.03. The molecule has 0 aliphatic rings. The third-order valence-electron chi connectivity index (χ3n) is 5.23. The number of nitrogens with zero attached hydrogens (tertiary/aromatic N) is 1. The lowest BCUT2D eigenvalue weighted by atomic mass is 9.96. The third kappa shape index (κ3) is 8.53. The smallest absolute Gasteiger partial charge is 0.408 e. The molecule has 1 aromatic rings.